The summed E-state index contributed by atoms with van der Waals surface area (Å²) in [5.74, 6) is 11.7. The second-order valence-corrected chi connectivity index (χ2v) is 23.6. The summed E-state index contributed by atoms with van der Waals surface area (Å²) < 4.78 is 78.0. The largest absolute Gasteiger partial charge is 2.00 e. The molecule has 10 radical (unpaired) electrons. The van der Waals surface area contributed by atoms with Gasteiger partial charge in [0.25, 0.3) is 0 Å². The van der Waals surface area contributed by atoms with E-state index in [9.17, 15) is 34.5 Å². The van der Waals surface area contributed by atoms with Crippen LogP contribution in [0, 0.1) is 58.7 Å². The molecule has 392 valence electrons. The van der Waals surface area contributed by atoms with Gasteiger partial charge in [-0.2, -0.15) is 0 Å². The van der Waals surface area contributed by atoms with Crippen molar-refractivity contribution < 1.29 is 72.0 Å². The van der Waals surface area contributed by atoms with Gasteiger partial charge in [0.15, 0.2) is 0 Å². The van der Waals surface area contributed by atoms with Crippen LogP contribution in [0.5, 0.6) is 0 Å². The summed E-state index contributed by atoms with van der Waals surface area (Å²) in [7, 11) is -13.4. The maximum atomic E-state index is 9.75. The average molecular weight is 1210 g/mol. The van der Waals surface area contributed by atoms with E-state index in [4.69, 9.17) is 0 Å². The molecule has 0 bridgehead atoms. The number of halogens is 8. The second-order valence-electron chi connectivity index (χ2n) is 17.0. The third-order valence-electron chi connectivity index (χ3n) is 12.3. The quantitative estimate of drug-likeness (QED) is 0.0768. The van der Waals surface area contributed by atoms with Crippen molar-refractivity contribution in [2.75, 3.05) is 0 Å². The van der Waals surface area contributed by atoms with E-state index >= 15 is 0 Å². The van der Waals surface area contributed by atoms with Crippen molar-refractivity contribution in [2.24, 2.45) is 0 Å². The summed E-state index contributed by atoms with van der Waals surface area (Å²) in [5.41, 5.74) is 3.09. The Morgan fingerprint density at radius 3 is 0.480 bits per heavy atom. The summed E-state index contributed by atoms with van der Waals surface area (Å²) in [6.45, 7) is 18.2. The molecule has 0 saturated heterocycles. The molecule has 0 aliphatic heterocycles. The van der Waals surface area contributed by atoms with Crippen molar-refractivity contribution in [3.8, 4) is 0 Å². The van der Waals surface area contributed by atoms with Gasteiger partial charge in [-0.05, 0) is 108 Å². The predicted octanol–water partition coefficient (Wildman–Crippen LogP) is 16.1. The van der Waals surface area contributed by atoms with E-state index in [2.05, 4.69) is 268 Å². The Hall–Kier alpha value is -3.42. The zero-order valence-corrected chi connectivity index (χ0v) is 48.2. The normalized spacial score (nSPS) is 15.6. The van der Waals surface area contributed by atoms with Gasteiger partial charge < -0.3 is 34.5 Å². The van der Waals surface area contributed by atoms with Crippen LogP contribution in [-0.4, -0.2) is 14.5 Å². The van der Waals surface area contributed by atoms with E-state index in [1.807, 2.05) is 0 Å². The first-order valence-electron chi connectivity index (χ1n) is 23.6. The van der Waals surface area contributed by atoms with Gasteiger partial charge in [-0.15, -0.1) is 0 Å². The average Bonchev–Trinajstić information content (AvgIpc) is 3.69. The zero-order chi connectivity index (χ0) is 53.3. The number of benzene rings is 7. The SMILES string of the molecule is C[C]1[C](C)[C](C)[C](P(c2ccccc2)c2ccccc2)[C]1C.C[C]1[C](C)[C](C)[C](P(c2ccccc2)c2ccccc2)[C]1C.F[B-](F)(F)F.F[B-](F)(F)F.[Fe+2].[Pd+2].c1ccc(P(c2ccccc2)c2ccccc2)cc1. The molecule has 0 nitrogen and oxygen atoms in total. The summed E-state index contributed by atoms with van der Waals surface area (Å²) in [4.78, 5) is 0. The van der Waals surface area contributed by atoms with Gasteiger partial charge in [0.2, 0.25) is 0 Å². The van der Waals surface area contributed by atoms with Gasteiger partial charge in [-0.1, -0.05) is 268 Å². The molecular weight excluding hydrogens is 1150 g/mol. The monoisotopic (exact) mass is 1210 g/mol. The van der Waals surface area contributed by atoms with Crippen molar-refractivity contribution in [3.05, 3.63) is 271 Å². The Morgan fingerprint density at radius 1 is 0.227 bits per heavy atom. The summed E-state index contributed by atoms with van der Waals surface area (Å²) >= 11 is 0. The first-order chi connectivity index (χ1) is 34.7. The van der Waals surface area contributed by atoms with Crippen LogP contribution >= 0.6 is 23.8 Å². The molecule has 7 aromatic carbocycles. The maximum Gasteiger partial charge on any atom is 2.00 e. The topological polar surface area (TPSA) is 0 Å². The van der Waals surface area contributed by atoms with Gasteiger partial charge in [-0.25, -0.2) is 0 Å². The van der Waals surface area contributed by atoms with E-state index in [-0.39, 0.29) is 37.5 Å². The number of hydrogen-bond acceptors (Lipinski definition) is 0. The fraction of sp³-hybridized carbons (Fsp3) is 0.133. The van der Waals surface area contributed by atoms with Crippen molar-refractivity contribution in [2.45, 2.75) is 55.4 Å². The summed E-state index contributed by atoms with van der Waals surface area (Å²) in [6, 6.07) is 76.1. The van der Waals surface area contributed by atoms with Crippen molar-refractivity contribution in [1.29, 1.82) is 0 Å². The molecule has 2 aliphatic carbocycles. The molecule has 0 N–H and O–H groups in total. The van der Waals surface area contributed by atoms with Crippen molar-refractivity contribution >= 4 is 75.4 Å². The van der Waals surface area contributed by atoms with Crippen LogP contribution in [0.15, 0.2) is 212 Å². The van der Waals surface area contributed by atoms with Crippen molar-refractivity contribution in [3.63, 3.8) is 0 Å². The van der Waals surface area contributed by atoms with Gasteiger partial charge in [0.05, 0.1) is 0 Å². The van der Waals surface area contributed by atoms with Crippen molar-refractivity contribution in [1.82, 2.24) is 0 Å². The Kier molecular flexibility index (Phi) is 28.0. The Morgan fingerprint density at radius 2 is 0.347 bits per heavy atom. The van der Waals surface area contributed by atoms with Crippen LogP contribution in [0.3, 0.4) is 0 Å². The van der Waals surface area contributed by atoms with Crippen LogP contribution in [0.4, 0.5) is 34.5 Å². The number of hydrogen-bond donors (Lipinski definition) is 0. The molecule has 0 amide bonds. The molecule has 2 fully saturated rings. The van der Waals surface area contributed by atoms with Gasteiger partial charge >= 0.3 is 52.0 Å². The Balaban J connectivity index is 0.000000269. The molecule has 0 spiro atoms. The first kappa shape index (κ1) is 65.9. The van der Waals surface area contributed by atoms with Crippen LogP contribution in [-0.2, 0) is 37.5 Å². The standard InChI is InChI=1S/2C21H22P.C18H15P.2BF4.Fe.Pd/c2*1-15-16(2)18(4)21(17(15)3)22(19-11-7-5-8-12-19)20-13-9-6-10-14-20;1-4-10-16(11-5-1)19(17-12-6-2-7-13-17)18-14-8-3-9-15-18;2*2-1(3,4)5;;/h2*5-14H,1-4H3;1-15H;;;;/q;;;2*-1;2*+2. The third-order valence-corrected chi connectivity index (χ3v) is 20.3. The molecule has 0 atom stereocenters. The maximum absolute atomic E-state index is 9.75. The van der Waals surface area contributed by atoms with Gasteiger partial charge in [0, 0.05) is 11.3 Å². The summed E-state index contributed by atoms with van der Waals surface area (Å²) in [5, 5.41) is 9.92. The fourth-order valence-electron chi connectivity index (χ4n) is 8.37. The molecule has 2 saturated carbocycles. The smallest absolute Gasteiger partial charge is 0.418 e. The van der Waals surface area contributed by atoms with Gasteiger partial charge in [-0.3, -0.25) is 0 Å². The van der Waals surface area contributed by atoms with E-state index in [1.165, 1.54) is 84.5 Å². The molecule has 2 aliphatic rings. The van der Waals surface area contributed by atoms with Crippen LogP contribution in [0.2, 0.25) is 0 Å². The Bertz CT molecular complexity index is 2260. The first-order valence-corrected chi connectivity index (χ1v) is 27.7. The van der Waals surface area contributed by atoms with E-state index in [1.54, 1.807) is 11.3 Å². The molecule has 75 heavy (non-hydrogen) atoms. The molecule has 0 aromatic heterocycles. The minimum Gasteiger partial charge on any atom is -0.418 e. The van der Waals surface area contributed by atoms with Crippen LogP contribution in [0.1, 0.15) is 55.4 Å². The van der Waals surface area contributed by atoms with Crippen LogP contribution in [0.25, 0.3) is 0 Å². The molecule has 0 unspecified atom stereocenters. The van der Waals surface area contributed by atoms with E-state index in [0.717, 1.165) is 0 Å². The number of rotatable bonds is 9. The van der Waals surface area contributed by atoms with E-state index < -0.39 is 38.3 Å². The molecule has 15 heteroatoms. The predicted molar refractivity (Wildman–Crippen MR) is 301 cm³/mol. The minimum atomic E-state index is -6.00. The van der Waals surface area contributed by atoms with Crippen LogP contribution < -0.4 is 37.1 Å². The van der Waals surface area contributed by atoms with E-state index in [0.29, 0.717) is 0 Å². The Labute approximate surface area is 470 Å². The molecule has 7 aromatic rings. The fourth-order valence-corrected chi connectivity index (χ4v) is 16.2. The molecular formula is C60H59B2F8FeP3Pd+2. The molecule has 9 rings (SSSR count). The molecule has 0 heterocycles. The minimum absolute atomic E-state index is 0. The second kappa shape index (κ2) is 31.9. The third kappa shape index (κ3) is 20.1. The van der Waals surface area contributed by atoms with Gasteiger partial charge in [0.1, 0.15) is 0 Å². The zero-order valence-electron chi connectivity index (χ0n) is 42.9. The summed E-state index contributed by atoms with van der Waals surface area (Å²) in [6.07, 6.45) is 0.